The minimum atomic E-state index is -0.222. The number of nitrogens with zero attached hydrogens (tertiary/aromatic N) is 2. The summed E-state index contributed by atoms with van der Waals surface area (Å²) in [6.07, 6.45) is 1.72. The molecule has 0 saturated heterocycles. The maximum atomic E-state index is 10.0. The van der Waals surface area contributed by atoms with Crippen LogP contribution in [0.3, 0.4) is 0 Å². The van der Waals surface area contributed by atoms with Gasteiger partial charge in [0.15, 0.2) is 0 Å². The molecule has 0 saturated carbocycles. The van der Waals surface area contributed by atoms with E-state index in [1.54, 1.807) is 0 Å². The lowest BCUT2D eigenvalue weighted by Crippen LogP contribution is -2.33. The van der Waals surface area contributed by atoms with Gasteiger partial charge in [0.1, 0.15) is 0 Å². The van der Waals surface area contributed by atoms with Gasteiger partial charge in [0, 0.05) is 24.1 Å². The lowest BCUT2D eigenvalue weighted by Gasteiger charge is -2.31. The first-order valence-electron chi connectivity index (χ1n) is 7.35. The molecule has 0 amide bonds. The van der Waals surface area contributed by atoms with E-state index in [1.807, 2.05) is 29.8 Å². The van der Waals surface area contributed by atoms with Crippen LogP contribution in [0.1, 0.15) is 37.2 Å². The van der Waals surface area contributed by atoms with E-state index in [9.17, 15) is 5.11 Å². The largest absolute Gasteiger partial charge is 0.395 e. The highest BCUT2D eigenvalue weighted by Gasteiger charge is 2.31. The molecule has 1 heterocycles. The van der Waals surface area contributed by atoms with E-state index >= 15 is 0 Å². The van der Waals surface area contributed by atoms with Crippen molar-refractivity contribution in [2.45, 2.75) is 45.6 Å². The zero-order valence-electron chi connectivity index (χ0n) is 12.6. The van der Waals surface area contributed by atoms with Crippen LogP contribution in [0.4, 0.5) is 0 Å². The molecule has 0 radical (unpaired) electrons. The zero-order valence-corrected chi connectivity index (χ0v) is 12.6. The summed E-state index contributed by atoms with van der Waals surface area (Å²) in [6, 6.07) is 12.4. The molecule has 3 nitrogen and oxygen atoms in total. The third-order valence-electron chi connectivity index (χ3n) is 4.17. The van der Waals surface area contributed by atoms with Gasteiger partial charge in [-0.3, -0.25) is 4.68 Å². The van der Waals surface area contributed by atoms with Gasteiger partial charge in [-0.25, -0.2) is 0 Å². The summed E-state index contributed by atoms with van der Waals surface area (Å²) in [6.45, 7) is 7.28. The molecule has 2 rings (SSSR count). The summed E-state index contributed by atoms with van der Waals surface area (Å²) < 4.78 is 2.04. The van der Waals surface area contributed by atoms with Gasteiger partial charge in [-0.2, -0.15) is 5.10 Å². The Kier molecular flexibility index (Phi) is 4.61. The summed E-state index contributed by atoms with van der Waals surface area (Å²) in [7, 11) is 0. The summed E-state index contributed by atoms with van der Waals surface area (Å²) in [5.74, 6) is 0. The average Bonchev–Trinajstić information content (AvgIpc) is 2.85. The lowest BCUT2D eigenvalue weighted by molar-refractivity contribution is 0.184. The Morgan fingerprint density at radius 2 is 1.90 bits per heavy atom. The van der Waals surface area contributed by atoms with Crippen molar-refractivity contribution >= 4 is 0 Å². The fourth-order valence-corrected chi connectivity index (χ4v) is 2.84. The molecule has 1 N–H and O–H groups in total. The number of aryl methyl sites for hydroxylation is 2. The average molecular weight is 272 g/mol. The van der Waals surface area contributed by atoms with Gasteiger partial charge in [-0.05, 0) is 31.9 Å². The molecule has 2 aromatic rings. The van der Waals surface area contributed by atoms with Crippen molar-refractivity contribution in [2.75, 3.05) is 6.61 Å². The minimum absolute atomic E-state index is 0.154. The summed E-state index contributed by atoms with van der Waals surface area (Å²) in [5.41, 5.74) is 3.22. The quantitative estimate of drug-likeness (QED) is 0.877. The van der Waals surface area contributed by atoms with Crippen LogP contribution in [0.5, 0.6) is 0 Å². The predicted octanol–water partition coefficient (Wildman–Crippen LogP) is 3.09. The molecule has 20 heavy (non-hydrogen) atoms. The van der Waals surface area contributed by atoms with Crippen LogP contribution in [0.2, 0.25) is 0 Å². The Morgan fingerprint density at radius 1 is 1.20 bits per heavy atom. The van der Waals surface area contributed by atoms with Crippen molar-refractivity contribution in [3.63, 3.8) is 0 Å². The highest BCUT2D eigenvalue weighted by molar-refractivity contribution is 5.28. The molecule has 0 aliphatic heterocycles. The van der Waals surface area contributed by atoms with Gasteiger partial charge in [0.25, 0.3) is 0 Å². The smallest absolute Gasteiger partial charge is 0.0596 e. The first kappa shape index (κ1) is 14.8. The number of aliphatic hydroxyl groups is 1. The number of aliphatic hydroxyl groups excluding tert-OH is 1. The van der Waals surface area contributed by atoms with E-state index in [0.717, 1.165) is 25.1 Å². The molecule has 1 atom stereocenters. The summed E-state index contributed by atoms with van der Waals surface area (Å²) >= 11 is 0. The highest BCUT2D eigenvalue weighted by atomic mass is 16.3. The molecule has 0 aliphatic rings. The second-order valence-corrected chi connectivity index (χ2v) is 5.43. The SMILES string of the molecule is CCn1nc(C)cc1CC(CC)(CO)c1ccccc1. The van der Waals surface area contributed by atoms with Gasteiger partial charge < -0.3 is 5.11 Å². The Labute approximate surface area is 121 Å². The molecule has 0 spiro atoms. The molecule has 0 fully saturated rings. The Hall–Kier alpha value is -1.61. The van der Waals surface area contributed by atoms with E-state index in [0.29, 0.717) is 0 Å². The fraction of sp³-hybridized carbons (Fsp3) is 0.471. The van der Waals surface area contributed by atoms with E-state index in [2.05, 4.69) is 37.1 Å². The number of rotatable bonds is 6. The molecule has 108 valence electrons. The molecule has 0 bridgehead atoms. The molecule has 1 aromatic carbocycles. The van der Waals surface area contributed by atoms with Crippen LogP contribution < -0.4 is 0 Å². The molecule has 1 unspecified atom stereocenters. The molecular formula is C17H24N2O. The third kappa shape index (κ3) is 2.78. The van der Waals surface area contributed by atoms with Gasteiger partial charge in [0.05, 0.1) is 12.3 Å². The van der Waals surface area contributed by atoms with Gasteiger partial charge >= 0.3 is 0 Å². The second-order valence-electron chi connectivity index (χ2n) is 5.43. The molecule has 1 aromatic heterocycles. The van der Waals surface area contributed by atoms with Crippen molar-refractivity contribution in [3.05, 3.63) is 53.3 Å². The van der Waals surface area contributed by atoms with E-state index in [1.165, 1.54) is 11.3 Å². The fourth-order valence-electron chi connectivity index (χ4n) is 2.84. The molecular weight excluding hydrogens is 248 g/mol. The van der Waals surface area contributed by atoms with Crippen LogP contribution >= 0.6 is 0 Å². The van der Waals surface area contributed by atoms with E-state index in [-0.39, 0.29) is 12.0 Å². The van der Waals surface area contributed by atoms with Crippen LogP contribution in [-0.2, 0) is 18.4 Å². The van der Waals surface area contributed by atoms with Crippen LogP contribution in [-0.4, -0.2) is 21.5 Å². The Balaban J connectivity index is 2.39. The van der Waals surface area contributed by atoms with E-state index in [4.69, 9.17) is 0 Å². The van der Waals surface area contributed by atoms with Gasteiger partial charge in [-0.1, -0.05) is 37.3 Å². The predicted molar refractivity (Wildman–Crippen MR) is 81.8 cm³/mol. The van der Waals surface area contributed by atoms with Gasteiger partial charge in [-0.15, -0.1) is 0 Å². The Morgan fingerprint density at radius 3 is 2.45 bits per heavy atom. The molecule has 3 heteroatoms. The first-order chi connectivity index (χ1) is 9.65. The summed E-state index contributed by atoms with van der Waals surface area (Å²) in [5, 5.41) is 14.5. The van der Waals surface area contributed by atoms with Crippen molar-refractivity contribution in [1.82, 2.24) is 9.78 Å². The monoisotopic (exact) mass is 272 g/mol. The third-order valence-corrected chi connectivity index (χ3v) is 4.17. The number of hydrogen-bond donors (Lipinski definition) is 1. The first-order valence-corrected chi connectivity index (χ1v) is 7.35. The number of benzene rings is 1. The van der Waals surface area contributed by atoms with Crippen LogP contribution in [0, 0.1) is 6.92 Å². The normalized spacial score (nSPS) is 14.2. The van der Waals surface area contributed by atoms with Crippen LogP contribution in [0.15, 0.2) is 36.4 Å². The topological polar surface area (TPSA) is 38.0 Å². The number of hydrogen-bond acceptors (Lipinski definition) is 2. The van der Waals surface area contributed by atoms with Gasteiger partial charge in [0.2, 0.25) is 0 Å². The van der Waals surface area contributed by atoms with Crippen molar-refractivity contribution < 1.29 is 5.11 Å². The maximum Gasteiger partial charge on any atom is 0.0596 e. The van der Waals surface area contributed by atoms with Crippen LogP contribution in [0.25, 0.3) is 0 Å². The highest BCUT2D eigenvalue weighted by Crippen LogP contribution is 2.31. The van der Waals surface area contributed by atoms with Crippen molar-refractivity contribution in [2.24, 2.45) is 0 Å². The van der Waals surface area contributed by atoms with E-state index < -0.39 is 0 Å². The second kappa shape index (κ2) is 6.23. The van der Waals surface area contributed by atoms with Crippen molar-refractivity contribution in [1.29, 1.82) is 0 Å². The zero-order chi connectivity index (χ0) is 14.6. The lowest BCUT2D eigenvalue weighted by atomic mass is 9.75. The van der Waals surface area contributed by atoms with Crippen molar-refractivity contribution in [3.8, 4) is 0 Å². The molecule has 0 aliphatic carbocycles. The number of aromatic nitrogens is 2. The maximum absolute atomic E-state index is 10.0. The standard InChI is InChI=1S/C17H24N2O/c1-4-17(13-20,15-9-7-6-8-10-15)12-16-11-14(3)18-19(16)5-2/h6-11,20H,4-5,12-13H2,1-3H3. The summed E-state index contributed by atoms with van der Waals surface area (Å²) in [4.78, 5) is 0. The minimum Gasteiger partial charge on any atom is -0.395 e. The Bertz CT molecular complexity index is 541.